The van der Waals surface area contributed by atoms with Crippen molar-refractivity contribution < 1.29 is 14.3 Å². The highest BCUT2D eigenvalue weighted by Gasteiger charge is 2.27. The van der Waals surface area contributed by atoms with E-state index in [9.17, 15) is 9.59 Å². The summed E-state index contributed by atoms with van der Waals surface area (Å²) in [5.74, 6) is -0.0789. The van der Waals surface area contributed by atoms with E-state index in [2.05, 4.69) is 46.4 Å². The molecule has 0 aliphatic carbocycles. The van der Waals surface area contributed by atoms with Gasteiger partial charge in [-0.2, -0.15) is 0 Å². The lowest BCUT2D eigenvalue weighted by atomic mass is 9.91. The average molecular weight is 538 g/mol. The van der Waals surface area contributed by atoms with Crippen molar-refractivity contribution in [3.63, 3.8) is 0 Å². The van der Waals surface area contributed by atoms with Crippen LogP contribution in [0, 0.1) is 6.92 Å². The van der Waals surface area contributed by atoms with Crippen LogP contribution in [-0.2, 0) is 14.9 Å². The highest BCUT2D eigenvalue weighted by Crippen LogP contribution is 2.30. The van der Waals surface area contributed by atoms with Crippen LogP contribution in [0.4, 0.5) is 11.5 Å². The molecule has 0 saturated carbocycles. The minimum atomic E-state index is -0.986. The molecule has 1 aromatic carbocycles. The number of carbonyl (C=O) groups is 2. The van der Waals surface area contributed by atoms with Gasteiger partial charge in [-0.3, -0.25) is 19.6 Å². The van der Waals surface area contributed by atoms with Crippen molar-refractivity contribution in [2.24, 2.45) is 0 Å². The molecule has 2 amide bonds. The van der Waals surface area contributed by atoms with Gasteiger partial charge in [-0.15, -0.1) is 0 Å². The zero-order chi connectivity index (χ0) is 29.1. The fraction of sp³-hybridized carbons (Fsp3) is 0.281. The van der Waals surface area contributed by atoms with Gasteiger partial charge in [0.25, 0.3) is 11.8 Å². The minimum Gasteiger partial charge on any atom is -0.369 e. The van der Waals surface area contributed by atoms with Gasteiger partial charge in [0.2, 0.25) is 0 Å². The number of methoxy groups -OCH3 is 1. The number of nitrogens with one attached hydrogen (secondary N) is 2. The highest BCUT2D eigenvalue weighted by molar-refractivity contribution is 6.04. The molecule has 0 unspecified atom stereocenters. The number of hydrogen-bond donors (Lipinski definition) is 2. The molecule has 0 aliphatic rings. The van der Waals surface area contributed by atoms with Crippen molar-refractivity contribution in [3.05, 3.63) is 90.0 Å². The minimum absolute atomic E-state index is 0.159. The van der Waals surface area contributed by atoms with Crippen molar-refractivity contribution in [2.75, 3.05) is 17.7 Å². The number of anilines is 2. The van der Waals surface area contributed by atoms with E-state index in [1.807, 2.05) is 49.4 Å². The molecule has 0 bridgehead atoms. The van der Waals surface area contributed by atoms with E-state index in [0.717, 1.165) is 33.6 Å². The Hall–Kier alpha value is -4.43. The van der Waals surface area contributed by atoms with Gasteiger partial charge in [-0.25, -0.2) is 4.98 Å². The summed E-state index contributed by atoms with van der Waals surface area (Å²) in [5, 5.41) is 5.82. The summed E-state index contributed by atoms with van der Waals surface area (Å²) < 4.78 is 5.26. The van der Waals surface area contributed by atoms with Gasteiger partial charge >= 0.3 is 0 Å². The number of hydrogen-bond acceptors (Lipinski definition) is 6. The van der Waals surface area contributed by atoms with E-state index in [0.29, 0.717) is 17.1 Å². The lowest BCUT2D eigenvalue weighted by Gasteiger charge is -2.21. The molecule has 4 rings (SSSR count). The summed E-state index contributed by atoms with van der Waals surface area (Å²) >= 11 is 0. The summed E-state index contributed by atoms with van der Waals surface area (Å²) in [4.78, 5) is 38.8. The molecule has 4 aromatic rings. The van der Waals surface area contributed by atoms with Crippen LogP contribution in [0.15, 0.2) is 73.2 Å². The maximum atomic E-state index is 13.1. The van der Waals surface area contributed by atoms with Crippen molar-refractivity contribution >= 4 is 23.3 Å². The zero-order valence-electron chi connectivity index (χ0n) is 24.0. The molecule has 8 nitrogen and oxygen atoms in total. The van der Waals surface area contributed by atoms with Crippen LogP contribution < -0.4 is 10.6 Å². The quantitative estimate of drug-likeness (QED) is 0.281. The third-order valence-corrected chi connectivity index (χ3v) is 6.71. The first-order valence-electron chi connectivity index (χ1n) is 13.1. The molecule has 8 heteroatoms. The van der Waals surface area contributed by atoms with Crippen molar-refractivity contribution in [1.82, 2.24) is 15.0 Å². The second kappa shape index (κ2) is 11.4. The smallest absolute Gasteiger partial charge is 0.257 e. The predicted octanol–water partition coefficient (Wildman–Crippen LogP) is 6.43. The molecule has 40 heavy (non-hydrogen) atoms. The monoisotopic (exact) mass is 537 g/mol. The molecular weight excluding hydrogens is 502 g/mol. The van der Waals surface area contributed by atoms with Crippen LogP contribution in [0.3, 0.4) is 0 Å². The Bertz CT molecular complexity index is 1560. The fourth-order valence-electron chi connectivity index (χ4n) is 3.97. The van der Waals surface area contributed by atoms with E-state index in [1.165, 1.54) is 7.11 Å². The maximum absolute atomic E-state index is 13.1. The van der Waals surface area contributed by atoms with E-state index in [1.54, 1.807) is 44.6 Å². The number of carbonyl (C=O) groups excluding carboxylic acids is 2. The van der Waals surface area contributed by atoms with Gasteiger partial charge in [-0.1, -0.05) is 26.8 Å². The van der Waals surface area contributed by atoms with E-state index in [-0.39, 0.29) is 17.2 Å². The Balaban J connectivity index is 1.59. The number of aryl methyl sites for hydroxylation is 1. The molecule has 0 spiro atoms. The van der Waals surface area contributed by atoms with Gasteiger partial charge in [0.15, 0.2) is 0 Å². The molecular formula is C32H35N5O3. The number of pyridine rings is 3. The van der Waals surface area contributed by atoms with Crippen LogP contribution in [0.25, 0.3) is 22.4 Å². The summed E-state index contributed by atoms with van der Waals surface area (Å²) in [7, 11) is 1.49. The van der Waals surface area contributed by atoms with Gasteiger partial charge in [0.1, 0.15) is 11.4 Å². The van der Waals surface area contributed by atoms with Crippen LogP contribution in [0.5, 0.6) is 0 Å². The van der Waals surface area contributed by atoms with Crippen LogP contribution in [0.2, 0.25) is 0 Å². The van der Waals surface area contributed by atoms with Gasteiger partial charge < -0.3 is 15.4 Å². The van der Waals surface area contributed by atoms with Crippen molar-refractivity contribution in [2.45, 2.75) is 52.6 Å². The Kier molecular flexibility index (Phi) is 8.11. The van der Waals surface area contributed by atoms with Crippen molar-refractivity contribution in [3.8, 4) is 22.4 Å². The number of ether oxygens (including phenoxy) is 1. The van der Waals surface area contributed by atoms with E-state index < -0.39 is 5.60 Å². The summed E-state index contributed by atoms with van der Waals surface area (Å²) in [6.07, 6.45) is 5.04. The summed E-state index contributed by atoms with van der Waals surface area (Å²) in [6, 6.07) is 16.9. The number of rotatable bonds is 7. The molecule has 3 heterocycles. The molecule has 0 aliphatic heterocycles. The zero-order valence-corrected chi connectivity index (χ0v) is 24.0. The average Bonchev–Trinajstić information content (AvgIpc) is 2.94. The first-order chi connectivity index (χ1) is 18.9. The molecule has 0 fully saturated rings. The summed E-state index contributed by atoms with van der Waals surface area (Å²) in [6.45, 7) is 11.6. The SMILES string of the molecule is COC(C)(C)C(=O)Nc1cc(-c2cc(-c3cc(NC(=O)c4ccnc(C(C)(C)C)c4)ccc3C)ccn2)ccn1. The first kappa shape index (κ1) is 28.6. The molecule has 0 saturated heterocycles. The second-order valence-corrected chi connectivity index (χ2v) is 11.2. The highest BCUT2D eigenvalue weighted by atomic mass is 16.5. The second-order valence-electron chi connectivity index (χ2n) is 11.2. The summed E-state index contributed by atoms with van der Waals surface area (Å²) in [5.41, 5.74) is 5.45. The molecule has 0 radical (unpaired) electrons. The van der Waals surface area contributed by atoms with Crippen LogP contribution in [-0.4, -0.2) is 39.5 Å². The molecule has 2 N–H and O–H groups in total. The Labute approximate surface area is 235 Å². The normalized spacial score (nSPS) is 11.7. The Morgan fingerprint density at radius 1 is 0.775 bits per heavy atom. The predicted molar refractivity (Wildman–Crippen MR) is 158 cm³/mol. The lowest BCUT2D eigenvalue weighted by Crippen LogP contribution is -2.39. The Morgan fingerprint density at radius 3 is 2.20 bits per heavy atom. The van der Waals surface area contributed by atoms with Crippen LogP contribution in [0.1, 0.15) is 56.2 Å². The number of nitrogens with zero attached hydrogens (tertiary/aromatic N) is 3. The van der Waals surface area contributed by atoms with Gasteiger partial charge in [0, 0.05) is 53.6 Å². The topological polar surface area (TPSA) is 106 Å². The lowest BCUT2D eigenvalue weighted by molar-refractivity contribution is -0.133. The fourth-order valence-corrected chi connectivity index (χ4v) is 3.97. The first-order valence-corrected chi connectivity index (χ1v) is 13.1. The molecule has 206 valence electrons. The van der Waals surface area contributed by atoms with Gasteiger partial charge in [0.05, 0.1) is 5.69 Å². The van der Waals surface area contributed by atoms with Crippen LogP contribution >= 0.6 is 0 Å². The van der Waals surface area contributed by atoms with E-state index >= 15 is 0 Å². The largest absolute Gasteiger partial charge is 0.369 e. The molecule has 0 atom stereocenters. The number of amides is 2. The third-order valence-electron chi connectivity index (χ3n) is 6.71. The maximum Gasteiger partial charge on any atom is 0.257 e. The number of benzene rings is 1. The standard InChI is InChI=1S/C32H35N5O3/c1-20-8-9-24(36-29(38)23-12-14-34-27(17-23)31(2,3)4)19-25(20)21-10-13-33-26(16-21)22-11-15-35-28(18-22)37-30(39)32(5,6)40-7/h8-19H,1-7H3,(H,36,38)(H,35,37,39). The number of aromatic nitrogens is 3. The van der Waals surface area contributed by atoms with Gasteiger partial charge in [-0.05, 0) is 86.0 Å². The molecule has 3 aromatic heterocycles. The van der Waals surface area contributed by atoms with Crippen molar-refractivity contribution in [1.29, 1.82) is 0 Å². The Morgan fingerprint density at radius 2 is 1.48 bits per heavy atom. The third kappa shape index (κ3) is 6.58. The van der Waals surface area contributed by atoms with E-state index in [4.69, 9.17) is 4.74 Å².